The SMILES string of the molecule is O=Cc1cc2c(c(F)c1Br)CC=C2I. The van der Waals surface area contributed by atoms with E-state index in [2.05, 4.69) is 38.5 Å². The summed E-state index contributed by atoms with van der Waals surface area (Å²) in [6.45, 7) is 0. The first-order valence-corrected chi connectivity index (χ1v) is 5.84. The largest absolute Gasteiger partial charge is 0.298 e. The number of halogens is 3. The Balaban J connectivity index is 2.73. The van der Waals surface area contributed by atoms with Gasteiger partial charge in [0.2, 0.25) is 0 Å². The molecule has 0 aliphatic heterocycles. The Bertz CT molecular complexity index is 454. The number of hydrogen-bond donors (Lipinski definition) is 0. The predicted octanol–water partition coefficient (Wildman–Crippen LogP) is 3.73. The lowest BCUT2D eigenvalue weighted by atomic mass is 10.1. The fourth-order valence-corrected chi connectivity index (χ4v) is 2.63. The molecule has 0 saturated heterocycles. The van der Waals surface area contributed by atoms with E-state index < -0.39 is 0 Å². The minimum atomic E-state index is -0.312. The van der Waals surface area contributed by atoms with E-state index >= 15 is 0 Å². The summed E-state index contributed by atoms with van der Waals surface area (Å²) in [6, 6.07) is 1.72. The van der Waals surface area contributed by atoms with Gasteiger partial charge in [-0.05, 0) is 56.6 Å². The van der Waals surface area contributed by atoms with Gasteiger partial charge < -0.3 is 0 Å². The highest BCUT2D eigenvalue weighted by Crippen LogP contribution is 2.37. The fourth-order valence-electron chi connectivity index (χ4n) is 1.48. The van der Waals surface area contributed by atoms with Crippen molar-refractivity contribution in [1.82, 2.24) is 0 Å². The molecule has 1 aliphatic rings. The molecule has 1 aromatic carbocycles. The van der Waals surface area contributed by atoms with Crippen LogP contribution in [0.1, 0.15) is 21.5 Å². The third kappa shape index (κ3) is 1.44. The third-order valence-corrected chi connectivity index (χ3v) is 4.03. The number of allylic oxidation sites excluding steroid dienone is 1. The molecule has 72 valence electrons. The van der Waals surface area contributed by atoms with Gasteiger partial charge in [-0.2, -0.15) is 0 Å². The molecule has 4 heteroatoms. The van der Waals surface area contributed by atoms with Crippen molar-refractivity contribution in [3.8, 4) is 0 Å². The molecular formula is C10H5BrFIO. The molecule has 0 unspecified atom stereocenters. The molecular weight excluding hydrogens is 362 g/mol. The smallest absolute Gasteiger partial charge is 0.151 e. The first-order valence-electron chi connectivity index (χ1n) is 3.97. The van der Waals surface area contributed by atoms with Crippen LogP contribution in [0, 0.1) is 5.82 Å². The van der Waals surface area contributed by atoms with Crippen LogP contribution >= 0.6 is 38.5 Å². The molecule has 0 saturated carbocycles. The summed E-state index contributed by atoms with van der Waals surface area (Å²) in [4.78, 5) is 10.7. The highest BCUT2D eigenvalue weighted by molar-refractivity contribution is 14.1. The van der Waals surface area contributed by atoms with Crippen molar-refractivity contribution in [2.75, 3.05) is 0 Å². The standard InChI is InChI=1S/C10H5BrFIO/c11-9-5(4-14)3-7-6(10(9)12)1-2-8(7)13/h2-4H,1H2. The molecule has 0 spiro atoms. The monoisotopic (exact) mass is 366 g/mol. The molecule has 0 atom stereocenters. The van der Waals surface area contributed by atoms with E-state index in [1.54, 1.807) is 6.07 Å². The maximum atomic E-state index is 13.7. The topological polar surface area (TPSA) is 17.1 Å². The van der Waals surface area contributed by atoms with Crippen molar-refractivity contribution in [2.24, 2.45) is 0 Å². The molecule has 0 bridgehead atoms. The molecule has 2 rings (SSSR count). The summed E-state index contributed by atoms with van der Waals surface area (Å²) in [7, 11) is 0. The minimum absolute atomic E-state index is 0.269. The van der Waals surface area contributed by atoms with Gasteiger partial charge in [0, 0.05) is 14.7 Å². The van der Waals surface area contributed by atoms with Crippen LogP contribution in [0.3, 0.4) is 0 Å². The number of benzene rings is 1. The number of carbonyl (C=O) groups excluding carboxylic acids is 1. The van der Waals surface area contributed by atoms with Gasteiger partial charge in [0.05, 0.1) is 4.47 Å². The summed E-state index contributed by atoms with van der Waals surface area (Å²) < 4.78 is 15.0. The van der Waals surface area contributed by atoms with Crippen LogP contribution in [0.15, 0.2) is 16.6 Å². The van der Waals surface area contributed by atoms with Crippen LogP contribution in [-0.4, -0.2) is 6.29 Å². The van der Waals surface area contributed by atoms with Gasteiger partial charge in [-0.25, -0.2) is 4.39 Å². The summed E-state index contributed by atoms with van der Waals surface area (Å²) >= 11 is 5.23. The summed E-state index contributed by atoms with van der Waals surface area (Å²) in [5.74, 6) is -0.312. The average molecular weight is 367 g/mol. The average Bonchev–Trinajstić information content (AvgIpc) is 2.54. The molecule has 1 aromatic rings. The molecule has 1 aliphatic carbocycles. The number of hydrogen-bond acceptors (Lipinski definition) is 1. The van der Waals surface area contributed by atoms with Crippen LogP contribution in [0.25, 0.3) is 3.58 Å². The minimum Gasteiger partial charge on any atom is -0.298 e. The quantitative estimate of drug-likeness (QED) is 0.546. The maximum Gasteiger partial charge on any atom is 0.151 e. The molecule has 0 radical (unpaired) electrons. The molecule has 0 aromatic heterocycles. The summed E-state index contributed by atoms with van der Waals surface area (Å²) in [5.41, 5.74) is 1.88. The number of rotatable bonds is 1. The number of aldehydes is 1. The second-order valence-corrected chi connectivity index (χ2v) is 4.95. The first kappa shape index (κ1) is 10.3. The maximum absolute atomic E-state index is 13.7. The Hall–Kier alpha value is -0.230. The normalized spacial score (nSPS) is 13.8. The lowest BCUT2D eigenvalue weighted by molar-refractivity contribution is 0.112. The lowest BCUT2D eigenvalue weighted by Gasteiger charge is -2.06. The van der Waals surface area contributed by atoms with E-state index in [1.165, 1.54) is 0 Å². The van der Waals surface area contributed by atoms with Crippen molar-refractivity contribution in [3.63, 3.8) is 0 Å². The van der Waals surface area contributed by atoms with E-state index in [1.807, 2.05) is 6.08 Å². The number of fused-ring (bicyclic) bond motifs is 1. The van der Waals surface area contributed by atoms with Crippen molar-refractivity contribution in [2.45, 2.75) is 6.42 Å². The zero-order chi connectivity index (χ0) is 10.3. The summed E-state index contributed by atoms with van der Waals surface area (Å²) in [6.07, 6.45) is 3.22. The van der Waals surface area contributed by atoms with Gasteiger partial charge in [0.25, 0.3) is 0 Å². The lowest BCUT2D eigenvalue weighted by Crippen LogP contribution is -1.95. The Morgan fingerprint density at radius 1 is 1.57 bits per heavy atom. The molecule has 0 heterocycles. The van der Waals surface area contributed by atoms with Gasteiger partial charge in [0.15, 0.2) is 6.29 Å². The van der Waals surface area contributed by atoms with Gasteiger partial charge in [0.1, 0.15) is 5.82 Å². The van der Waals surface area contributed by atoms with E-state index in [-0.39, 0.29) is 10.3 Å². The Morgan fingerprint density at radius 3 is 2.93 bits per heavy atom. The molecule has 0 N–H and O–H groups in total. The van der Waals surface area contributed by atoms with Gasteiger partial charge in [-0.1, -0.05) is 6.08 Å². The van der Waals surface area contributed by atoms with Crippen molar-refractivity contribution in [3.05, 3.63) is 39.1 Å². The van der Waals surface area contributed by atoms with E-state index in [0.717, 1.165) is 9.14 Å². The Labute approximate surface area is 103 Å². The number of carbonyl (C=O) groups is 1. The highest BCUT2D eigenvalue weighted by Gasteiger charge is 2.20. The first-order chi connectivity index (χ1) is 6.65. The van der Waals surface area contributed by atoms with E-state index in [4.69, 9.17) is 0 Å². The van der Waals surface area contributed by atoms with E-state index in [9.17, 15) is 9.18 Å². The Morgan fingerprint density at radius 2 is 2.29 bits per heavy atom. The predicted molar refractivity (Wildman–Crippen MR) is 65.2 cm³/mol. The summed E-state index contributed by atoms with van der Waals surface area (Å²) in [5, 5.41) is 0. The fraction of sp³-hybridized carbons (Fsp3) is 0.100. The van der Waals surface area contributed by atoms with Gasteiger partial charge >= 0.3 is 0 Å². The van der Waals surface area contributed by atoms with Crippen molar-refractivity contribution >= 4 is 48.4 Å². The van der Waals surface area contributed by atoms with Crippen LogP contribution in [-0.2, 0) is 6.42 Å². The zero-order valence-electron chi connectivity index (χ0n) is 6.98. The third-order valence-electron chi connectivity index (χ3n) is 2.21. The van der Waals surface area contributed by atoms with Crippen molar-refractivity contribution in [1.29, 1.82) is 0 Å². The molecule has 0 fully saturated rings. The van der Waals surface area contributed by atoms with Crippen LogP contribution in [0.2, 0.25) is 0 Å². The van der Waals surface area contributed by atoms with Gasteiger partial charge in [-0.3, -0.25) is 4.79 Å². The zero-order valence-corrected chi connectivity index (χ0v) is 10.7. The van der Waals surface area contributed by atoms with Gasteiger partial charge in [-0.15, -0.1) is 0 Å². The second-order valence-electron chi connectivity index (χ2n) is 2.99. The second kappa shape index (κ2) is 3.73. The van der Waals surface area contributed by atoms with Crippen LogP contribution in [0.5, 0.6) is 0 Å². The molecule has 14 heavy (non-hydrogen) atoms. The molecule has 1 nitrogen and oxygen atoms in total. The van der Waals surface area contributed by atoms with Crippen molar-refractivity contribution < 1.29 is 9.18 Å². The highest BCUT2D eigenvalue weighted by atomic mass is 127. The molecule has 0 amide bonds. The van der Waals surface area contributed by atoms with Crippen LogP contribution < -0.4 is 0 Å². The van der Waals surface area contributed by atoms with Crippen LogP contribution in [0.4, 0.5) is 4.39 Å². The van der Waals surface area contributed by atoms with E-state index in [0.29, 0.717) is 23.8 Å². The Kier molecular flexibility index (Phi) is 2.74.